The lowest BCUT2D eigenvalue weighted by atomic mass is 10.3. The Morgan fingerprint density at radius 1 is 1.15 bits per heavy atom. The van der Waals surface area contributed by atoms with Crippen LogP contribution in [0.3, 0.4) is 0 Å². The van der Waals surface area contributed by atoms with Crippen LogP contribution in [0.1, 0.15) is 22.6 Å². The molecule has 0 spiro atoms. The lowest BCUT2D eigenvalue weighted by Crippen LogP contribution is -2.40. The molecule has 8 heteroatoms. The Balaban J connectivity index is 1.73. The van der Waals surface area contributed by atoms with Gasteiger partial charge in [0.15, 0.2) is 0 Å². The van der Waals surface area contributed by atoms with Gasteiger partial charge in [0, 0.05) is 22.3 Å². The molecule has 2 rings (SSSR count). The minimum absolute atomic E-state index is 0.236. The maximum atomic E-state index is 12.6. The zero-order chi connectivity index (χ0) is 14.8. The summed E-state index contributed by atoms with van der Waals surface area (Å²) in [6.07, 6.45) is -3.25. The van der Waals surface area contributed by atoms with Crippen molar-refractivity contribution in [3.8, 4) is 0 Å². The number of thiophene rings is 1. The summed E-state index contributed by atoms with van der Waals surface area (Å²) in [6, 6.07) is 4.06. The van der Waals surface area contributed by atoms with Crippen molar-refractivity contribution in [1.82, 2.24) is 5.32 Å². The van der Waals surface area contributed by atoms with Gasteiger partial charge in [-0.1, -0.05) is 0 Å². The van der Waals surface area contributed by atoms with Gasteiger partial charge < -0.3 is 10.1 Å². The second kappa shape index (κ2) is 5.95. The van der Waals surface area contributed by atoms with Gasteiger partial charge in [-0.15, -0.1) is 11.3 Å². The quantitative estimate of drug-likeness (QED) is 0.775. The second-order valence-corrected chi connectivity index (χ2v) is 5.97. The molecule has 0 radical (unpaired) electrons. The van der Waals surface area contributed by atoms with Crippen LogP contribution in [0, 0.1) is 0 Å². The van der Waals surface area contributed by atoms with Gasteiger partial charge in [-0.25, -0.2) is 0 Å². The summed E-state index contributed by atoms with van der Waals surface area (Å²) >= 11 is 1.35. The topological polar surface area (TPSA) is 21.3 Å². The Morgan fingerprint density at radius 3 is 2.40 bits per heavy atom. The summed E-state index contributed by atoms with van der Waals surface area (Å²) in [5.74, 6) is -4.80. The van der Waals surface area contributed by atoms with Crippen molar-refractivity contribution in [3.63, 3.8) is 0 Å². The lowest BCUT2D eigenvalue weighted by molar-refractivity contribution is -0.297. The number of hydrogen-bond acceptors (Lipinski definition) is 3. The van der Waals surface area contributed by atoms with E-state index in [0.29, 0.717) is 17.5 Å². The Kier molecular flexibility index (Phi) is 4.66. The maximum Gasteiger partial charge on any atom is 0.455 e. The van der Waals surface area contributed by atoms with Crippen LogP contribution in [-0.2, 0) is 17.9 Å². The molecule has 1 aromatic heterocycles. The van der Waals surface area contributed by atoms with Gasteiger partial charge >= 0.3 is 12.1 Å². The average molecular weight is 315 g/mol. The van der Waals surface area contributed by atoms with E-state index < -0.39 is 18.7 Å². The van der Waals surface area contributed by atoms with Crippen LogP contribution in [0.25, 0.3) is 0 Å². The number of halogens is 5. The highest BCUT2D eigenvalue weighted by atomic mass is 32.1. The molecular weight excluding hydrogens is 301 g/mol. The van der Waals surface area contributed by atoms with E-state index in [-0.39, 0.29) is 6.61 Å². The summed E-state index contributed by atoms with van der Waals surface area (Å²) < 4.78 is 65.4. The van der Waals surface area contributed by atoms with Crippen LogP contribution in [0.2, 0.25) is 0 Å². The number of hydrogen-bond donors (Lipinski definition) is 1. The van der Waals surface area contributed by atoms with E-state index in [9.17, 15) is 22.0 Å². The van der Waals surface area contributed by atoms with E-state index in [2.05, 4.69) is 10.1 Å². The first-order valence-corrected chi connectivity index (χ1v) is 6.93. The first-order valence-electron chi connectivity index (χ1n) is 6.11. The molecule has 1 saturated carbocycles. The molecule has 0 amide bonds. The number of nitrogens with one attached hydrogen (secondary N) is 1. The molecule has 0 saturated heterocycles. The van der Waals surface area contributed by atoms with Gasteiger partial charge in [0.05, 0.1) is 6.61 Å². The fourth-order valence-electron chi connectivity index (χ4n) is 1.49. The first-order chi connectivity index (χ1) is 9.28. The second-order valence-electron chi connectivity index (χ2n) is 4.72. The Labute approximate surface area is 116 Å². The van der Waals surface area contributed by atoms with Crippen LogP contribution >= 0.6 is 11.3 Å². The van der Waals surface area contributed by atoms with Crippen molar-refractivity contribution in [1.29, 1.82) is 0 Å². The zero-order valence-corrected chi connectivity index (χ0v) is 11.3. The third kappa shape index (κ3) is 4.39. The summed E-state index contributed by atoms with van der Waals surface area (Å²) in [5.41, 5.74) is 0. The summed E-state index contributed by atoms with van der Waals surface area (Å²) in [6.45, 7) is -1.20. The molecule has 0 aromatic carbocycles. The standard InChI is InChI=1S/C12H14F5NOS/c13-11(14,12(15,16)17)7-19-6-10-4-3-9(20-10)5-18-8-1-2-8/h3-4,8,18H,1-2,5-7H2. The zero-order valence-electron chi connectivity index (χ0n) is 10.5. The molecule has 2 nitrogen and oxygen atoms in total. The van der Waals surface area contributed by atoms with Crippen molar-refractivity contribution >= 4 is 11.3 Å². The van der Waals surface area contributed by atoms with Gasteiger partial charge in [0.25, 0.3) is 0 Å². The van der Waals surface area contributed by atoms with E-state index >= 15 is 0 Å². The van der Waals surface area contributed by atoms with Gasteiger partial charge in [0.2, 0.25) is 0 Å². The van der Waals surface area contributed by atoms with Crippen molar-refractivity contribution in [2.45, 2.75) is 44.1 Å². The molecule has 0 unspecified atom stereocenters. The predicted octanol–water partition coefficient (Wildman–Crippen LogP) is 3.71. The van der Waals surface area contributed by atoms with E-state index in [0.717, 1.165) is 17.7 Å². The molecule has 114 valence electrons. The molecule has 20 heavy (non-hydrogen) atoms. The van der Waals surface area contributed by atoms with Gasteiger partial charge in [-0.2, -0.15) is 22.0 Å². The van der Waals surface area contributed by atoms with Crippen molar-refractivity contribution in [2.24, 2.45) is 0 Å². The minimum atomic E-state index is -5.57. The normalized spacial score (nSPS) is 16.6. The highest BCUT2D eigenvalue weighted by Crippen LogP contribution is 2.35. The Bertz CT molecular complexity index is 441. The highest BCUT2D eigenvalue weighted by Gasteiger charge is 2.57. The Morgan fingerprint density at radius 2 is 1.80 bits per heavy atom. The average Bonchev–Trinajstić information content (AvgIpc) is 3.05. The minimum Gasteiger partial charge on any atom is -0.369 e. The fourth-order valence-corrected chi connectivity index (χ4v) is 2.40. The molecule has 1 fully saturated rings. The molecule has 1 aliphatic rings. The third-order valence-electron chi connectivity index (χ3n) is 2.80. The van der Waals surface area contributed by atoms with Crippen LogP contribution < -0.4 is 5.32 Å². The van der Waals surface area contributed by atoms with E-state index in [1.54, 1.807) is 6.07 Å². The third-order valence-corrected chi connectivity index (χ3v) is 3.86. The number of rotatable bonds is 7. The van der Waals surface area contributed by atoms with Crippen molar-refractivity contribution in [3.05, 3.63) is 21.9 Å². The van der Waals surface area contributed by atoms with Crippen molar-refractivity contribution < 1.29 is 26.7 Å². The van der Waals surface area contributed by atoms with E-state index in [4.69, 9.17) is 0 Å². The maximum absolute atomic E-state index is 12.6. The van der Waals surface area contributed by atoms with Crippen LogP contribution in [0.15, 0.2) is 12.1 Å². The lowest BCUT2D eigenvalue weighted by Gasteiger charge is -2.18. The number of ether oxygens (including phenoxy) is 1. The SMILES string of the molecule is FC(F)(F)C(F)(F)COCc1ccc(CNC2CC2)s1. The van der Waals surface area contributed by atoms with E-state index in [1.807, 2.05) is 6.07 Å². The molecule has 0 bridgehead atoms. The largest absolute Gasteiger partial charge is 0.455 e. The molecule has 1 N–H and O–H groups in total. The van der Waals surface area contributed by atoms with Gasteiger partial charge in [0.1, 0.15) is 6.61 Å². The summed E-state index contributed by atoms with van der Waals surface area (Å²) in [4.78, 5) is 1.65. The fraction of sp³-hybridized carbons (Fsp3) is 0.667. The molecule has 1 heterocycles. The van der Waals surface area contributed by atoms with Crippen LogP contribution in [0.4, 0.5) is 22.0 Å². The first kappa shape index (κ1) is 15.7. The van der Waals surface area contributed by atoms with Gasteiger partial charge in [-0.05, 0) is 25.0 Å². The van der Waals surface area contributed by atoms with Crippen LogP contribution in [0.5, 0.6) is 0 Å². The van der Waals surface area contributed by atoms with Gasteiger partial charge in [-0.3, -0.25) is 0 Å². The van der Waals surface area contributed by atoms with Crippen molar-refractivity contribution in [2.75, 3.05) is 6.61 Å². The van der Waals surface area contributed by atoms with E-state index in [1.165, 1.54) is 11.3 Å². The predicted molar refractivity (Wildman–Crippen MR) is 64.8 cm³/mol. The van der Waals surface area contributed by atoms with Crippen LogP contribution in [-0.4, -0.2) is 24.7 Å². The Hall–Kier alpha value is -0.730. The summed E-state index contributed by atoms with van der Waals surface area (Å²) in [5, 5.41) is 3.29. The monoisotopic (exact) mass is 315 g/mol. The molecule has 1 aromatic rings. The molecule has 1 aliphatic carbocycles. The molecule has 0 aliphatic heterocycles. The highest BCUT2D eigenvalue weighted by molar-refractivity contribution is 7.11. The molecular formula is C12H14F5NOS. The molecule has 0 atom stereocenters. The summed E-state index contributed by atoms with van der Waals surface area (Å²) in [7, 11) is 0. The smallest absolute Gasteiger partial charge is 0.369 e. The number of alkyl halides is 5.